The molecule has 2 aromatic heterocycles. The van der Waals surface area contributed by atoms with Gasteiger partial charge in [-0.15, -0.1) is 0 Å². The van der Waals surface area contributed by atoms with Crippen LogP contribution in [0.25, 0.3) is 10.9 Å². The molecule has 1 aliphatic rings. The minimum atomic E-state index is -0.737. The average molecular weight is 361 g/mol. The van der Waals surface area contributed by atoms with Crippen molar-refractivity contribution in [3.05, 3.63) is 72.2 Å². The molecule has 5 nitrogen and oxygen atoms in total. The summed E-state index contributed by atoms with van der Waals surface area (Å²) >= 11 is 0. The van der Waals surface area contributed by atoms with Crippen molar-refractivity contribution in [3.8, 4) is 0 Å². The van der Waals surface area contributed by atoms with E-state index in [-0.39, 0.29) is 6.04 Å². The number of fused-ring (bicyclic) bond motifs is 1. The van der Waals surface area contributed by atoms with Gasteiger partial charge in [0.1, 0.15) is 6.04 Å². The van der Waals surface area contributed by atoms with Gasteiger partial charge in [0.05, 0.1) is 5.52 Å². The van der Waals surface area contributed by atoms with E-state index in [1.54, 1.807) is 6.20 Å². The third-order valence-corrected chi connectivity index (χ3v) is 5.40. The third kappa shape index (κ3) is 3.69. The van der Waals surface area contributed by atoms with E-state index in [2.05, 4.69) is 20.9 Å². The Kier molecular flexibility index (Phi) is 5.12. The van der Waals surface area contributed by atoms with Crippen molar-refractivity contribution < 1.29 is 9.90 Å². The Morgan fingerprint density at radius 2 is 1.93 bits per heavy atom. The van der Waals surface area contributed by atoms with Gasteiger partial charge in [-0.3, -0.25) is 19.7 Å². The topological polar surface area (TPSA) is 66.3 Å². The van der Waals surface area contributed by atoms with Gasteiger partial charge in [0.25, 0.3) is 0 Å². The van der Waals surface area contributed by atoms with E-state index in [0.29, 0.717) is 12.8 Å². The summed E-state index contributed by atoms with van der Waals surface area (Å²) in [4.78, 5) is 23.1. The van der Waals surface area contributed by atoms with Gasteiger partial charge in [0.15, 0.2) is 0 Å². The number of pyridine rings is 2. The lowest BCUT2D eigenvalue weighted by molar-refractivity contribution is -0.146. The van der Waals surface area contributed by atoms with Crippen LogP contribution in [-0.4, -0.2) is 38.5 Å². The number of hydrogen-bond donors (Lipinski definition) is 1. The van der Waals surface area contributed by atoms with E-state index in [1.165, 1.54) is 0 Å². The molecule has 1 N–H and O–H groups in total. The largest absolute Gasteiger partial charge is 0.480 e. The highest BCUT2D eigenvalue weighted by Gasteiger charge is 2.35. The number of aliphatic carboxylic acids is 1. The second kappa shape index (κ2) is 7.84. The maximum atomic E-state index is 11.9. The van der Waals surface area contributed by atoms with Crippen molar-refractivity contribution in [2.75, 3.05) is 6.54 Å². The number of nitrogens with zero attached hydrogens (tertiary/aromatic N) is 3. The Morgan fingerprint density at radius 3 is 2.74 bits per heavy atom. The molecule has 3 aromatic rings. The normalized spacial score (nSPS) is 19.0. The lowest BCUT2D eigenvalue weighted by Crippen LogP contribution is -2.47. The Labute approximate surface area is 158 Å². The first-order chi connectivity index (χ1) is 13.2. The van der Waals surface area contributed by atoms with Crippen LogP contribution in [0.1, 0.15) is 36.6 Å². The second-order valence-electron chi connectivity index (χ2n) is 7.05. The molecule has 1 saturated heterocycles. The molecule has 3 heterocycles. The van der Waals surface area contributed by atoms with Crippen LogP contribution in [0, 0.1) is 0 Å². The molecule has 4 rings (SSSR count). The smallest absolute Gasteiger partial charge is 0.320 e. The fourth-order valence-corrected chi connectivity index (χ4v) is 4.12. The molecule has 0 spiro atoms. The van der Waals surface area contributed by atoms with Gasteiger partial charge in [-0.2, -0.15) is 0 Å². The SMILES string of the molecule is O=C(O)C1CCCCN1C(Cc1ccccn1)c1ccnc2ccccc12. The van der Waals surface area contributed by atoms with Crippen molar-refractivity contribution in [2.24, 2.45) is 0 Å². The maximum absolute atomic E-state index is 11.9. The fraction of sp³-hybridized carbons (Fsp3) is 0.318. The Hall–Kier alpha value is -2.79. The number of aromatic nitrogens is 2. The molecule has 0 amide bonds. The van der Waals surface area contributed by atoms with Crippen molar-refractivity contribution >= 4 is 16.9 Å². The van der Waals surface area contributed by atoms with Crippen LogP contribution < -0.4 is 0 Å². The van der Waals surface area contributed by atoms with Crippen LogP contribution in [0.15, 0.2) is 60.9 Å². The van der Waals surface area contributed by atoms with E-state index in [4.69, 9.17) is 0 Å². The molecule has 0 bridgehead atoms. The van der Waals surface area contributed by atoms with Gasteiger partial charge in [0, 0.05) is 35.9 Å². The maximum Gasteiger partial charge on any atom is 0.320 e. The molecule has 0 radical (unpaired) electrons. The summed E-state index contributed by atoms with van der Waals surface area (Å²) < 4.78 is 0. The van der Waals surface area contributed by atoms with E-state index >= 15 is 0 Å². The zero-order valence-electron chi connectivity index (χ0n) is 15.2. The molecule has 5 heteroatoms. The number of benzene rings is 1. The zero-order chi connectivity index (χ0) is 18.6. The van der Waals surface area contributed by atoms with E-state index in [1.807, 2.05) is 48.7 Å². The van der Waals surface area contributed by atoms with Gasteiger partial charge in [-0.25, -0.2) is 0 Å². The summed E-state index contributed by atoms with van der Waals surface area (Å²) in [6.07, 6.45) is 6.97. The monoisotopic (exact) mass is 361 g/mol. The first-order valence-corrected chi connectivity index (χ1v) is 9.46. The molecule has 1 aliphatic heterocycles. The molecule has 138 valence electrons. The van der Waals surface area contributed by atoms with Gasteiger partial charge < -0.3 is 5.11 Å². The Balaban J connectivity index is 1.81. The van der Waals surface area contributed by atoms with Gasteiger partial charge in [-0.1, -0.05) is 30.7 Å². The van der Waals surface area contributed by atoms with E-state index < -0.39 is 12.0 Å². The first-order valence-electron chi connectivity index (χ1n) is 9.46. The highest BCUT2D eigenvalue weighted by molar-refractivity contribution is 5.82. The molecular formula is C22H23N3O2. The molecular weight excluding hydrogens is 338 g/mol. The quantitative estimate of drug-likeness (QED) is 0.748. The van der Waals surface area contributed by atoms with Crippen LogP contribution in [0.2, 0.25) is 0 Å². The number of para-hydroxylation sites is 1. The average Bonchev–Trinajstić information content (AvgIpc) is 2.72. The summed E-state index contributed by atoms with van der Waals surface area (Å²) in [5, 5.41) is 10.9. The van der Waals surface area contributed by atoms with Crippen LogP contribution in [0.5, 0.6) is 0 Å². The number of hydrogen-bond acceptors (Lipinski definition) is 4. The predicted molar refractivity (Wildman–Crippen MR) is 104 cm³/mol. The summed E-state index contributed by atoms with van der Waals surface area (Å²) in [6.45, 7) is 0.783. The van der Waals surface area contributed by atoms with Crippen LogP contribution >= 0.6 is 0 Å². The standard InChI is InChI=1S/C22H23N3O2/c26-22(27)20-10-4-6-14-25(20)21(15-16-7-3-5-12-23-16)18-11-13-24-19-9-2-1-8-17(18)19/h1-3,5,7-9,11-13,20-21H,4,6,10,14-15H2,(H,26,27). The highest BCUT2D eigenvalue weighted by atomic mass is 16.4. The molecule has 2 atom stereocenters. The molecule has 2 unspecified atom stereocenters. The van der Waals surface area contributed by atoms with E-state index in [9.17, 15) is 9.90 Å². The Bertz CT molecular complexity index is 924. The van der Waals surface area contributed by atoms with Crippen molar-refractivity contribution in [3.63, 3.8) is 0 Å². The zero-order valence-corrected chi connectivity index (χ0v) is 15.2. The number of piperidine rings is 1. The van der Waals surface area contributed by atoms with E-state index in [0.717, 1.165) is 41.5 Å². The summed E-state index contributed by atoms with van der Waals surface area (Å²) in [5.74, 6) is -0.737. The summed E-state index contributed by atoms with van der Waals surface area (Å²) in [5.41, 5.74) is 3.03. The number of carboxylic acid groups (broad SMARTS) is 1. The molecule has 1 aromatic carbocycles. The number of likely N-dealkylation sites (tertiary alicyclic amines) is 1. The van der Waals surface area contributed by atoms with Crippen LogP contribution in [-0.2, 0) is 11.2 Å². The number of rotatable bonds is 5. The van der Waals surface area contributed by atoms with Crippen LogP contribution in [0.3, 0.4) is 0 Å². The number of carboxylic acids is 1. The lowest BCUT2D eigenvalue weighted by atomic mass is 9.91. The molecule has 0 aliphatic carbocycles. The highest BCUT2D eigenvalue weighted by Crippen LogP contribution is 2.34. The van der Waals surface area contributed by atoms with Gasteiger partial charge in [0.2, 0.25) is 0 Å². The molecule has 1 fully saturated rings. The summed E-state index contributed by atoms with van der Waals surface area (Å²) in [7, 11) is 0. The van der Waals surface area contributed by atoms with Crippen LogP contribution in [0.4, 0.5) is 0 Å². The molecule has 0 saturated carbocycles. The van der Waals surface area contributed by atoms with Gasteiger partial charge >= 0.3 is 5.97 Å². The number of carbonyl (C=O) groups is 1. The minimum Gasteiger partial charge on any atom is -0.480 e. The second-order valence-corrected chi connectivity index (χ2v) is 7.05. The van der Waals surface area contributed by atoms with Gasteiger partial charge in [-0.05, 0) is 49.2 Å². The van der Waals surface area contributed by atoms with Crippen molar-refractivity contribution in [1.29, 1.82) is 0 Å². The molecule has 27 heavy (non-hydrogen) atoms. The fourth-order valence-electron chi connectivity index (χ4n) is 4.12. The Morgan fingerprint density at radius 1 is 1.07 bits per heavy atom. The van der Waals surface area contributed by atoms with Crippen molar-refractivity contribution in [1.82, 2.24) is 14.9 Å². The third-order valence-electron chi connectivity index (χ3n) is 5.40. The predicted octanol–water partition coefficient (Wildman–Crippen LogP) is 3.85. The first kappa shape index (κ1) is 17.6. The summed E-state index contributed by atoms with van der Waals surface area (Å²) in [6, 6.07) is 15.5. The minimum absolute atomic E-state index is 0.0470. The lowest BCUT2D eigenvalue weighted by Gasteiger charge is -2.39. The van der Waals surface area contributed by atoms with Crippen molar-refractivity contribution in [2.45, 2.75) is 37.8 Å².